The van der Waals surface area contributed by atoms with E-state index in [0.29, 0.717) is 36.2 Å². The van der Waals surface area contributed by atoms with E-state index in [9.17, 15) is 4.79 Å². The van der Waals surface area contributed by atoms with Gasteiger partial charge in [0.05, 0.1) is 20.8 Å². The predicted molar refractivity (Wildman–Crippen MR) is 95.8 cm³/mol. The molecule has 1 unspecified atom stereocenters. The van der Waals surface area contributed by atoms with Crippen molar-refractivity contribution in [2.24, 2.45) is 0 Å². The minimum absolute atomic E-state index is 0.106. The maximum absolute atomic E-state index is 12.6. The van der Waals surface area contributed by atoms with Crippen molar-refractivity contribution in [3.63, 3.8) is 0 Å². The minimum Gasteiger partial charge on any atom is -0.497 e. The third-order valence-electron chi connectivity index (χ3n) is 4.10. The number of aromatic nitrogens is 2. The Kier molecular flexibility index (Phi) is 5.73. The van der Waals surface area contributed by atoms with E-state index >= 15 is 0 Å². The van der Waals surface area contributed by atoms with Gasteiger partial charge in [-0.25, -0.2) is 4.79 Å². The molecule has 8 nitrogen and oxygen atoms in total. The van der Waals surface area contributed by atoms with E-state index in [1.165, 1.54) is 0 Å². The fourth-order valence-corrected chi connectivity index (χ4v) is 2.82. The summed E-state index contributed by atoms with van der Waals surface area (Å²) in [5, 5.41) is 10.6. The summed E-state index contributed by atoms with van der Waals surface area (Å²) in [6.07, 6.45) is 3.22. The Balaban J connectivity index is 1.62. The molecule has 2 heterocycles. The van der Waals surface area contributed by atoms with Gasteiger partial charge in [0.25, 0.3) is 0 Å². The molecule has 1 fully saturated rings. The fraction of sp³-hybridized carbons (Fsp3) is 0.389. The number of amides is 2. The summed E-state index contributed by atoms with van der Waals surface area (Å²) in [6, 6.07) is 8.59. The summed E-state index contributed by atoms with van der Waals surface area (Å²) in [7, 11) is 3.14. The van der Waals surface area contributed by atoms with Gasteiger partial charge < -0.3 is 24.4 Å². The molecule has 138 valence electrons. The maximum atomic E-state index is 12.6. The number of ether oxygens (including phenoxy) is 3. The Morgan fingerprint density at radius 2 is 2.00 bits per heavy atom. The Bertz CT molecular complexity index is 719. The van der Waals surface area contributed by atoms with E-state index in [1.807, 2.05) is 0 Å². The van der Waals surface area contributed by atoms with Crippen molar-refractivity contribution in [2.75, 3.05) is 32.6 Å². The number of hydrogen-bond donors (Lipinski definition) is 1. The topological polar surface area (TPSA) is 85.8 Å². The lowest BCUT2D eigenvalue weighted by Gasteiger charge is -2.32. The van der Waals surface area contributed by atoms with Crippen LogP contribution in [0.2, 0.25) is 0 Å². The van der Waals surface area contributed by atoms with Crippen LogP contribution < -0.4 is 19.5 Å². The quantitative estimate of drug-likeness (QED) is 0.884. The molecule has 1 saturated heterocycles. The summed E-state index contributed by atoms with van der Waals surface area (Å²) >= 11 is 0. The maximum Gasteiger partial charge on any atom is 0.321 e. The molecule has 8 heteroatoms. The number of nitrogens with one attached hydrogen (secondary N) is 1. The first-order chi connectivity index (χ1) is 12.7. The van der Waals surface area contributed by atoms with E-state index in [0.717, 1.165) is 12.8 Å². The smallest absolute Gasteiger partial charge is 0.321 e. The monoisotopic (exact) mass is 358 g/mol. The van der Waals surface area contributed by atoms with Gasteiger partial charge >= 0.3 is 6.03 Å². The molecule has 3 rings (SSSR count). The normalized spacial score (nSPS) is 16.7. The van der Waals surface area contributed by atoms with Crippen molar-refractivity contribution in [3.05, 3.63) is 36.5 Å². The lowest BCUT2D eigenvalue weighted by atomic mass is 10.1. The van der Waals surface area contributed by atoms with Crippen LogP contribution in [0.1, 0.15) is 12.8 Å². The number of benzene rings is 1. The molecule has 1 atom stereocenters. The van der Waals surface area contributed by atoms with Crippen LogP contribution in [0.15, 0.2) is 36.5 Å². The van der Waals surface area contributed by atoms with Crippen LogP contribution in [0.3, 0.4) is 0 Å². The zero-order valence-electron chi connectivity index (χ0n) is 14.8. The van der Waals surface area contributed by atoms with Crippen LogP contribution in [-0.2, 0) is 0 Å². The van der Waals surface area contributed by atoms with Crippen molar-refractivity contribution in [2.45, 2.75) is 18.9 Å². The van der Waals surface area contributed by atoms with Crippen molar-refractivity contribution in [1.29, 1.82) is 0 Å². The highest BCUT2D eigenvalue weighted by molar-refractivity contribution is 5.90. The molecule has 1 aliphatic heterocycles. The first-order valence-corrected chi connectivity index (χ1v) is 8.41. The van der Waals surface area contributed by atoms with Crippen LogP contribution in [0.5, 0.6) is 17.4 Å². The van der Waals surface area contributed by atoms with Crippen LogP contribution in [0.25, 0.3) is 0 Å². The summed E-state index contributed by atoms with van der Waals surface area (Å²) in [5.74, 6) is 1.70. The second kappa shape index (κ2) is 8.37. The van der Waals surface area contributed by atoms with Crippen molar-refractivity contribution < 1.29 is 19.0 Å². The highest BCUT2D eigenvalue weighted by Gasteiger charge is 2.25. The second-order valence-corrected chi connectivity index (χ2v) is 5.92. The van der Waals surface area contributed by atoms with Crippen LogP contribution in [0.4, 0.5) is 10.5 Å². The van der Waals surface area contributed by atoms with Crippen molar-refractivity contribution in [3.8, 4) is 17.4 Å². The van der Waals surface area contributed by atoms with Gasteiger partial charge in [0.1, 0.15) is 17.6 Å². The van der Waals surface area contributed by atoms with Crippen molar-refractivity contribution >= 4 is 11.7 Å². The van der Waals surface area contributed by atoms with Crippen LogP contribution in [0, 0.1) is 0 Å². The molecule has 0 radical (unpaired) electrons. The molecule has 0 aliphatic carbocycles. The van der Waals surface area contributed by atoms with E-state index in [2.05, 4.69) is 15.5 Å². The summed E-state index contributed by atoms with van der Waals surface area (Å²) in [6.45, 7) is 1.16. The highest BCUT2D eigenvalue weighted by Crippen LogP contribution is 2.26. The van der Waals surface area contributed by atoms with E-state index in [4.69, 9.17) is 14.2 Å². The number of rotatable bonds is 5. The van der Waals surface area contributed by atoms with Gasteiger partial charge in [0, 0.05) is 42.7 Å². The zero-order valence-corrected chi connectivity index (χ0v) is 14.8. The van der Waals surface area contributed by atoms with Gasteiger partial charge in [-0.15, -0.1) is 5.10 Å². The Labute approximate surface area is 152 Å². The van der Waals surface area contributed by atoms with Crippen molar-refractivity contribution in [1.82, 2.24) is 15.1 Å². The number of carbonyl (C=O) groups is 1. The number of urea groups is 1. The molecule has 0 bridgehead atoms. The Hall–Kier alpha value is -3.03. The van der Waals surface area contributed by atoms with Gasteiger partial charge in [-0.05, 0) is 18.9 Å². The molecule has 1 aliphatic rings. The predicted octanol–water partition coefficient (Wildman–Crippen LogP) is 2.57. The third kappa shape index (κ3) is 4.53. The number of methoxy groups -OCH3 is 2. The standard InChI is InChI=1S/C18H22N4O4/c1-24-15-9-13(10-16(11-15)25-2)20-18(23)22-8-4-5-14(12-22)26-17-6-3-7-19-21-17/h3,6-7,9-11,14H,4-5,8,12H2,1-2H3,(H,20,23). The Morgan fingerprint density at radius 1 is 1.23 bits per heavy atom. The van der Waals surface area contributed by atoms with E-state index < -0.39 is 0 Å². The number of nitrogens with zero attached hydrogens (tertiary/aromatic N) is 3. The van der Waals surface area contributed by atoms with Crippen LogP contribution in [-0.4, -0.2) is 54.5 Å². The number of anilines is 1. The molecule has 1 aromatic carbocycles. The van der Waals surface area contributed by atoms with Gasteiger partial charge in [-0.2, -0.15) is 5.10 Å². The lowest BCUT2D eigenvalue weighted by Crippen LogP contribution is -2.46. The van der Waals surface area contributed by atoms with Crippen LogP contribution >= 0.6 is 0 Å². The number of carbonyl (C=O) groups excluding carboxylic acids is 1. The first kappa shape index (κ1) is 17.8. The number of hydrogen-bond acceptors (Lipinski definition) is 6. The van der Waals surface area contributed by atoms with E-state index in [-0.39, 0.29) is 12.1 Å². The summed E-state index contributed by atoms with van der Waals surface area (Å²) in [4.78, 5) is 14.3. The van der Waals surface area contributed by atoms with Gasteiger partial charge in [-0.1, -0.05) is 0 Å². The zero-order chi connectivity index (χ0) is 18.4. The molecule has 2 aromatic rings. The lowest BCUT2D eigenvalue weighted by molar-refractivity contribution is 0.102. The third-order valence-corrected chi connectivity index (χ3v) is 4.10. The molecular formula is C18H22N4O4. The number of piperidine rings is 1. The average molecular weight is 358 g/mol. The molecule has 26 heavy (non-hydrogen) atoms. The van der Waals surface area contributed by atoms with Gasteiger partial charge in [0.15, 0.2) is 0 Å². The minimum atomic E-state index is -0.187. The molecule has 0 spiro atoms. The van der Waals surface area contributed by atoms with Gasteiger partial charge in [-0.3, -0.25) is 0 Å². The molecular weight excluding hydrogens is 336 g/mol. The van der Waals surface area contributed by atoms with E-state index in [1.54, 1.807) is 55.6 Å². The first-order valence-electron chi connectivity index (χ1n) is 8.41. The fourth-order valence-electron chi connectivity index (χ4n) is 2.82. The summed E-state index contributed by atoms with van der Waals surface area (Å²) < 4.78 is 16.3. The summed E-state index contributed by atoms with van der Waals surface area (Å²) in [5.41, 5.74) is 0.614. The average Bonchev–Trinajstić information content (AvgIpc) is 2.68. The largest absolute Gasteiger partial charge is 0.497 e. The Morgan fingerprint density at radius 3 is 2.65 bits per heavy atom. The molecule has 2 amide bonds. The van der Waals surface area contributed by atoms with Gasteiger partial charge in [0.2, 0.25) is 5.88 Å². The molecule has 1 N–H and O–H groups in total. The second-order valence-electron chi connectivity index (χ2n) is 5.92. The highest BCUT2D eigenvalue weighted by atomic mass is 16.5. The number of likely N-dealkylation sites (tertiary alicyclic amines) is 1. The molecule has 1 aromatic heterocycles. The SMILES string of the molecule is COc1cc(NC(=O)N2CCCC(Oc3cccnn3)C2)cc(OC)c1. The molecule has 0 saturated carbocycles.